The van der Waals surface area contributed by atoms with Crippen molar-refractivity contribution in [1.82, 2.24) is 5.32 Å². The van der Waals surface area contributed by atoms with Crippen LogP contribution in [-0.4, -0.2) is 37.7 Å². The highest BCUT2D eigenvalue weighted by atomic mass is 79.9. The Labute approximate surface area is 164 Å². The zero-order chi connectivity index (χ0) is 20.4. The number of ether oxygens (including phenoxy) is 3. The van der Waals surface area contributed by atoms with Gasteiger partial charge in [-0.25, -0.2) is 9.59 Å². The SMILES string of the molecule is CCOC(=O)COc1cc(Br)c(/C=C(/C#N)C(=O)NC(N)=O)cc1OCC. The standard InChI is InChI=1S/C17H18BrN3O6/c1-3-25-13-6-10(5-11(8-19)16(23)21-17(20)24)12(18)7-14(13)27-9-15(22)26-4-2/h5-7H,3-4,9H2,1-2H3,(H3,20,21,23,24)/b11-5-. The van der Waals surface area contributed by atoms with E-state index in [1.165, 1.54) is 18.2 Å². The molecule has 0 unspecified atom stereocenters. The fourth-order valence-corrected chi connectivity index (χ4v) is 2.30. The molecule has 0 radical (unpaired) electrons. The first-order valence-corrected chi connectivity index (χ1v) is 8.58. The molecule has 0 spiro atoms. The number of carbonyl (C=O) groups is 3. The Morgan fingerprint density at radius 1 is 1.22 bits per heavy atom. The first-order chi connectivity index (χ1) is 12.8. The first kappa shape index (κ1) is 22.0. The van der Waals surface area contributed by atoms with Crippen LogP contribution in [0.25, 0.3) is 6.08 Å². The fraction of sp³-hybridized carbons (Fsp3) is 0.294. The lowest BCUT2D eigenvalue weighted by Gasteiger charge is -2.13. The number of rotatable bonds is 8. The molecule has 0 aliphatic heterocycles. The number of hydrogen-bond donors (Lipinski definition) is 2. The van der Waals surface area contributed by atoms with Gasteiger partial charge in [0.25, 0.3) is 5.91 Å². The molecule has 3 amide bonds. The van der Waals surface area contributed by atoms with Gasteiger partial charge in [-0.15, -0.1) is 0 Å². The molecule has 144 valence electrons. The van der Waals surface area contributed by atoms with Crippen LogP contribution in [0.3, 0.4) is 0 Å². The van der Waals surface area contributed by atoms with Crippen LogP contribution >= 0.6 is 15.9 Å². The van der Waals surface area contributed by atoms with Crippen LogP contribution in [-0.2, 0) is 14.3 Å². The minimum absolute atomic E-state index is 0.234. The van der Waals surface area contributed by atoms with Crippen molar-refractivity contribution in [3.63, 3.8) is 0 Å². The lowest BCUT2D eigenvalue weighted by atomic mass is 10.1. The summed E-state index contributed by atoms with van der Waals surface area (Å²) in [6, 6.07) is 3.66. The molecule has 0 saturated heterocycles. The summed E-state index contributed by atoms with van der Waals surface area (Å²) in [6.07, 6.45) is 1.25. The van der Waals surface area contributed by atoms with E-state index in [-0.39, 0.29) is 24.5 Å². The Balaban J connectivity index is 3.19. The number of amides is 3. The molecule has 0 aliphatic rings. The third-order valence-electron chi connectivity index (χ3n) is 2.92. The lowest BCUT2D eigenvalue weighted by molar-refractivity contribution is -0.145. The second-order valence-electron chi connectivity index (χ2n) is 4.84. The van der Waals surface area contributed by atoms with Crippen molar-refractivity contribution in [2.24, 2.45) is 5.73 Å². The highest BCUT2D eigenvalue weighted by Gasteiger charge is 2.15. The molecule has 0 aliphatic carbocycles. The van der Waals surface area contributed by atoms with Crippen LogP contribution in [0, 0.1) is 11.3 Å². The van der Waals surface area contributed by atoms with Crippen molar-refractivity contribution in [2.45, 2.75) is 13.8 Å². The Morgan fingerprint density at radius 2 is 1.89 bits per heavy atom. The summed E-state index contributed by atoms with van der Waals surface area (Å²) < 4.78 is 16.2. The summed E-state index contributed by atoms with van der Waals surface area (Å²) in [4.78, 5) is 34.0. The van der Waals surface area contributed by atoms with Crippen LogP contribution in [0.2, 0.25) is 0 Å². The van der Waals surface area contributed by atoms with Gasteiger partial charge in [0.1, 0.15) is 11.6 Å². The van der Waals surface area contributed by atoms with E-state index < -0.39 is 17.9 Å². The van der Waals surface area contributed by atoms with Crippen molar-refractivity contribution >= 4 is 39.9 Å². The zero-order valence-corrected chi connectivity index (χ0v) is 16.3. The van der Waals surface area contributed by atoms with Gasteiger partial charge in [0.2, 0.25) is 0 Å². The fourth-order valence-electron chi connectivity index (χ4n) is 1.87. The summed E-state index contributed by atoms with van der Waals surface area (Å²) >= 11 is 3.30. The molecule has 10 heteroatoms. The van der Waals surface area contributed by atoms with Gasteiger partial charge >= 0.3 is 12.0 Å². The average molecular weight is 440 g/mol. The molecular weight excluding hydrogens is 422 g/mol. The van der Waals surface area contributed by atoms with Crippen LogP contribution in [0.5, 0.6) is 11.5 Å². The van der Waals surface area contributed by atoms with Crippen LogP contribution in [0.15, 0.2) is 22.2 Å². The largest absolute Gasteiger partial charge is 0.490 e. The van der Waals surface area contributed by atoms with E-state index in [1.54, 1.807) is 19.9 Å². The Hall–Kier alpha value is -3.06. The number of nitrogens with zero attached hydrogens (tertiary/aromatic N) is 1. The van der Waals surface area contributed by atoms with Gasteiger partial charge in [0.05, 0.1) is 13.2 Å². The lowest BCUT2D eigenvalue weighted by Crippen LogP contribution is -2.35. The number of primary amides is 1. The van der Waals surface area contributed by atoms with E-state index >= 15 is 0 Å². The highest BCUT2D eigenvalue weighted by molar-refractivity contribution is 9.10. The van der Waals surface area contributed by atoms with Crippen LogP contribution < -0.4 is 20.5 Å². The third kappa shape index (κ3) is 6.99. The van der Waals surface area contributed by atoms with Crippen LogP contribution in [0.1, 0.15) is 19.4 Å². The molecule has 27 heavy (non-hydrogen) atoms. The number of hydrogen-bond acceptors (Lipinski definition) is 7. The topological polar surface area (TPSA) is 141 Å². The van der Waals surface area contributed by atoms with Crippen molar-refractivity contribution in [3.8, 4) is 17.6 Å². The Morgan fingerprint density at radius 3 is 2.44 bits per heavy atom. The minimum Gasteiger partial charge on any atom is -0.490 e. The number of nitrogens with one attached hydrogen (secondary N) is 1. The van der Waals surface area contributed by atoms with Gasteiger partial charge in [-0.2, -0.15) is 5.26 Å². The number of halogens is 1. The molecule has 0 heterocycles. The summed E-state index contributed by atoms with van der Waals surface area (Å²) in [5, 5.41) is 10.9. The Kier molecular flexibility index (Phi) is 8.81. The molecule has 0 aromatic heterocycles. The van der Waals surface area contributed by atoms with Gasteiger partial charge in [-0.3, -0.25) is 10.1 Å². The van der Waals surface area contributed by atoms with Crippen molar-refractivity contribution in [1.29, 1.82) is 5.26 Å². The highest BCUT2D eigenvalue weighted by Crippen LogP contribution is 2.35. The molecule has 1 aromatic carbocycles. The number of urea groups is 1. The van der Waals surface area contributed by atoms with Gasteiger partial charge < -0.3 is 19.9 Å². The van der Waals surface area contributed by atoms with E-state index in [0.29, 0.717) is 22.4 Å². The normalized spacial score (nSPS) is 10.5. The van der Waals surface area contributed by atoms with Gasteiger partial charge in [-0.05, 0) is 37.6 Å². The van der Waals surface area contributed by atoms with E-state index in [2.05, 4.69) is 15.9 Å². The molecule has 1 rings (SSSR count). The predicted octanol–water partition coefficient (Wildman–Crippen LogP) is 1.89. The zero-order valence-electron chi connectivity index (χ0n) is 14.7. The molecule has 0 saturated carbocycles. The molecule has 1 aromatic rings. The molecule has 3 N–H and O–H groups in total. The number of carbonyl (C=O) groups excluding carboxylic acids is 3. The van der Waals surface area contributed by atoms with Gasteiger partial charge in [0, 0.05) is 4.47 Å². The van der Waals surface area contributed by atoms with E-state index in [9.17, 15) is 14.4 Å². The number of nitrogens with two attached hydrogens (primary N) is 1. The summed E-state index contributed by atoms with van der Waals surface area (Å²) in [7, 11) is 0. The molecule has 9 nitrogen and oxygen atoms in total. The maximum Gasteiger partial charge on any atom is 0.344 e. The quantitative estimate of drug-likeness (QED) is 0.357. The maximum atomic E-state index is 11.8. The smallest absolute Gasteiger partial charge is 0.344 e. The van der Waals surface area contributed by atoms with Crippen LogP contribution in [0.4, 0.5) is 4.79 Å². The van der Waals surface area contributed by atoms with Gasteiger partial charge in [0.15, 0.2) is 18.1 Å². The van der Waals surface area contributed by atoms with Crippen molar-refractivity contribution < 1.29 is 28.6 Å². The number of esters is 1. The monoisotopic (exact) mass is 439 g/mol. The van der Waals surface area contributed by atoms with Crippen molar-refractivity contribution in [3.05, 3.63) is 27.7 Å². The third-order valence-corrected chi connectivity index (χ3v) is 3.60. The summed E-state index contributed by atoms with van der Waals surface area (Å²) in [5.41, 5.74) is 4.96. The van der Waals surface area contributed by atoms with E-state index in [1.807, 2.05) is 5.32 Å². The molecule has 0 atom stereocenters. The van der Waals surface area contributed by atoms with E-state index in [0.717, 1.165) is 0 Å². The maximum absolute atomic E-state index is 11.8. The Bertz CT molecular complexity index is 801. The van der Waals surface area contributed by atoms with E-state index in [4.69, 9.17) is 25.2 Å². The second-order valence-corrected chi connectivity index (χ2v) is 5.69. The average Bonchev–Trinajstić information content (AvgIpc) is 2.60. The number of imide groups is 1. The number of benzene rings is 1. The number of nitriles is 1. The predicted molar refractivity (Wildman–Crippen MR) is 98.8 cm³/mol. The first-order valence-electron chi connectivity index (χ1n) is 7.79. The minimum atomic E-state index is -1.07. The van der Waals surface area contributed by atoms with Crippen molar-refractivity contribution in [2.75, 3.05) is 19.8 Å². The second kappa shape index (κ2) is 10.8. The summed E-state index contributed by atoms with van der Waals surface area (Å²) in [6.45, 7) is 3.68. The molecular formula is C17H18BrN3O6. The molecule has 0 bridgehead atoms. The summed E-state index contributed by atoms with van der Waals surface area (Å²) in [5.74, 6) is -0.898. The molecule has 0 fully saturated rings. The van der Waals surface area contributed by atoms with Gasteiger partial charge in [-0.1, -0.05) is 15.9 Å².